The van der Waals surface area contributed by atoms with Gasteiger partial charge in [-0.05, 0) is 49.2 Å². The SMILES string of the molecule is COc1ccc(C(=O)c2cccc(N)c2C)cc1C. The lowest BCUT2D eigenvalue weighted by molar-refractivity contribution is 0.103. The van der Waals surface area contributed by atoms with Crippen LogP contribution < -0.4 is 10.5 Å². The van der Waals surface area contributed by atoms with E-state index in [9.17, 15) is 4.79 Å². The molecule has 0 bridgehead atoms. The van der Waals surface area contributed by atoms with Gasteiger partial charge in [0.1, 0.15) is 5.75 Å². The number of carbonyl (C=O) groups is 1. The van der Waals surface area contributed by atoms with Crippen LogP contribution >= 0.6 is 0 Å². The Hall–Kier alpha value is -2.29. The molecule has 0 spiro atoms. The molecule has 0 unspecified atom stereocenters. The summed E-state index contributed by atoms with van der Waals surface area (Å²) < 4.78 is 5.20. The third-order valence-corrected chi connectivity index (χ3v) is 3.28. The second-order valence-corrected chi connectivity index (χ2v) is 4.53. The van der Waals surface area contributed by atoms with Crippen LogP contribution in [0.4, 0.5) is 5.69 Å². The van der Waals surface area contributed by atoms with Crippen molar-refractivity contribution in [2.24, 2.45) is 0 Å². The standard InChI is InChI=1S/C16H17NO2/c1-10-9-12(7-8-15(10)19-3)16(18)13-5-4-6-14(17)11(13)2/h4-9H,17H2,1-3H3. The lowest BCUT2D eigenvalue weighted by Crippen LogP contribution is -2.06. The number of ether oxygens (including phenoxy) is 1. The van der Waals surface area contributed by atoms with Crippen molar-refractivity contribution in [2.75, 3.05) is 12.8 Å². The van der Waals surface area contributed by atoms with E-state index < -0.39 is 0 Å². The molecule has 0 fully saturated rings. The Labute approximate surface area is 113 Å². The first kappa shape index (κ1) is 13.1. The maximum absolute atomic E-state index is 12.5. The molecule has 0 amide bonds. The second-order valence-electron chi connectivity index (χ2n) is 4.53. The number of hydrogen-bond acceptors (Lipinski definition) is 3. The highest BCUT2D eigenvalue weighted by molar-refractivity contribution is 6.10. The minimum Gasteiger partial charge on any atom is -0.496 e. The Morgan fingerprint density at radius 1 is 1.16 bits per heavy atom. The van der Waals surface area contributed by atoms with E-state index in [4.69, 9.17) is 10.5 Å². The van der Waals surface area contributed by atoms with Gasteiger partial charge in [-0.15, -0.1) is 0 Å². The van der Waals surface area contributed by atoms with Gasteiger partial charge in [-0.25, -0.2) is 0 Å². The average molecular weight is 255 g/mol. The number of anilines is 1. The fourth-order valence-corrected chi connectivity index (χ4v) is 2.07. The molecule has 0 radical (unpaired) electrons. The molecular formula is C16H17NO2. The summed E-state index contributed by atoms with van der Waals surface area (Å²) in [5, 5.41) is 0. The van der Waals surface area contributed by atoms with Crippen LogP contribution in [-0.4, -0.2) is 12.9 Å². The maximum Gasteiger partial charge on any atom is 0.193 e. The van der Waals surface area contributed by atoms with Crippen LogP contribution in [-0.2, 0) is 0 Å². The molecule has 0 aliphatic heterocycles. The summed E-state index contributed by atoms with van der Waals surface area (Å²) in [5.74, 6) is 0.761. The summed E-state index contributed by atoms with van der Waals surface area (Å²) in [5.41, 5.74) is 9.52. The zero-order valence-corrected chi connectivity index (χ0v) is 11.4. The number of benzene rings is 2. The molecule has 3 heteroatoms. The van der Waals surface area contributed by atoms with Crippen molar-refractivity contribution in [3.8, 4) is 5.75 Å². The van der Waals surface area contributed by atoms with E-state index in [1.54, 1.807) is 31.4 Å². The lowest BCUT2D eigenvalue weighted by Gasteiger charge is -2.09. The van der Waals surface area contributed by atoms with Gasteiger partial charge in [-0.1, -0.05) is 12.1 Å². The van der Waals surface area contributed by atoms with Gasteiger partial charge in [0.05, 0.1) is 7.11 Å². The molecular weight excluding hydrogens is 238 g/mol. The molecule has 0 saturated heterocycles. The summed E-state index contributed by atoms with van der Waals surface area (Å²) in [4.78, 5) is 12.5. The molecule has 2 N–H and O–H groups in total. The first-order valence-corrected chi connectivity index (χ1v) is 6.09. The maximum atomic E-state index is 12.5. The van der Waals surface area contributed by atoms with Crippen LogP contribution in [0.5, 0.6) is 5.75 Å². The highest BCUT2D eigenvalue weighted by atomic mass is 16.5. The van der Waals surface area contributed by atoms with Crippen molar-refractivity contribution in [1.82, 2.24) is 0 Å². The zero-order chi connectivity index (χ0) is 14.0. The van der Waals surface area contributed by atoms with E-state index >= 15 is 0 Å². The predicted molar refractivity (Wildman–Crippen MR) is 76.8 cm³/mol. The van der Waals surface area contributed by atoms with E-state index in [2.05, 4.69) is 0 Å². The van der Waals surface area contributed by atoms with Gasteiger partial charge in [-0.3, -0.25) is 4.79 Å². The molecule has 0 heterocycles. The Kier molecular flexibility index (Phi) is 3.56. The first-order valence-electron chi connectivity index (χ1n) is 6.09. The lowest BCUT2D eigenvalue weighted by atomic mass is 9.97. The number of aryl methyl sites for hydroxylation is 1. The molecule has 2 aromatic carbocycles. The van der Waals surface area contributed by atoms with Crippen LogP contribution in [0.3, 0.4) is 0 Å². The normalized spacial score (nSPS) is 10.3. The molecule has 98 valence electrons. The number of rotatable bonds is 3. The topological polar surface area (TPSA) is 52.3 Å². The smallest absolute Gasteiger partial charge is 0.193 e. The van der Waals surface area contributed by atoms with Crippen LogP contribution in [0.15, 0.2) is 36.4 Å². The fraction of sp³-hybridized carbons (Fsp3) is 0.188. The van der Waals surface area contributed by atoms with Gasteiger partial charge in [0.25, 0.3) is 0 Å². The highest BCUT2D eigenvalue weighted by Gasteiger charge is 2.14. The molecule has 2 rings (SSSR count). The van der Waals surface area contributed by atoms with E-state index in [1.807, 2.05) is 26.0 Å². The second kappa shape index (κ2) is 5.14. The molecule has 3 nitrogen and oxygen atoms in total. The van der Waals surface area contributed by atoms with Crippen LogP contribution in [0.25, 0.3) is 0 Å². The van der Waals surface area contributed by atoms with Crippen molar-refractivity contribution in [2.45, 2.75) is 13.8 Å². The number of nitrogen functional groups attached to an aromatic ring is 1. The summed E-state index contributed by atoms with van der Waals surface area (Å²) in [6, 6.07) is 10.8. The Morgan fingerprint density at radius 3 is 2.53 bits per heavy atom. The van der Waals surface area contributed by atoms with Gasteiger partial charge in [0, 0.05) is 16.8 Å². The van der Waals surface area contributed by atoms with E-state index in [1.165, 1.54) is 0 Å². The fourth-order valence-electron chi connectivity index (χ4n) is 2.07. The van der Waals surface area contributed by atoms with Crippen molar-refractivity contribution in [3.63, 3.8) is 0 Å². The Morgan fingerprint density at radius 2 is 1.89 bits per heavy atom. The van der Waals surface area contributed by atoms with Gasteiger partial charge in [-0.2, -0.15) is 0 Å². The Bertz CT molecular complexity index is 633. The summed E-state index contributed by atoms with van der Waals surface area (Å²) in [7, 11) is 1.62. The van der Waals surface area contributed by atoms with Gasteiger partial charge >= 0.3 is 0 Å². The Balaban J connectivity index is 2.44. The third-order valence-electron chi connectivity index (χ3n) is 3.28. The van der Waals surface area contributed by atoms with Crippen LogP contribution in [0.1, 0.15) is 27.0 Å². The van der Waals surface area contributed by atoms with Gasteiger partial charge < -0.3 is 10.5 Å². The monoisotopic (exact) mass is 255 g/mol. The van der Waals surface area contributed by atoms with Crippen molar-refractivity contribution in [1.29, 1.82) is 0 Å². The third kappa shape index (κ3) is 2.45. The van der Waals surface area contributed by atoms with E-state index in [0.717, 1.165) is 16.9 Å². The highest BCUT2D eigenvalue weighted by Crippen LogP contribution is 2.23. The van der Waals surface area contributed by atoms with Gasteiger partial charge in [0.2, 0.25) is 0 Å². The average Bonchev–Trinajstić information content (AvgIpc) is 2.41. The number of methoxy groups -OCH3 is 1. The first-order chi connectivity index (χ1) is 9.04. The summed E-state index contributed by atoms with van der Waals surface area (Å²) in [6.45, 7) is 3.78. The van der Waals surface area contributed by atoms with Crippen molar-refractivity contribution in [3.05, 3.63) is 58.7 Å². The molecule has 0 atom stereocenters. The van der Waals surface area contributed by atoms with Crippen LogP contribution in [0.2, 0.25) is 0 Å². The van der Waals surface area contributed by atoms with Crippen molar-refractivity contribution >= 4 is 11.5 Å². The quantitative estimate of drug-likeness (QED) is 0.677. The van der Waals surface area contributed by atoms with Crippen LogP contribution in [0, 0.1) is 13.8 Å². The number of hydrogen-bond donors (Lipinski definition) is 1. The molecule has 19 heavy (non-hydrogen) atoms. The molecule has 0 saturated carbocycles. The van der Waals surface area contributed by atoms with Crippen molar-refractivity contribution < 1.29 is 9.53 Å². The molecule has 0 aliphatic carbocycles. The number of ketones is 1. The van der Waals surface area contributed by atoms with E-state index in [0.29, 0.717) is 16.8 Å². The minimum atomic E-state index is -0.0180. The summed E-state index contributed by atoms with van der Waals surface area (Å²) >= 11 is 0. The van der Waals surface area contributed by atoms with Gasteiger partial charge in [0.15, 0.2) is 5.78 Å². The largest absolute Gasteiger partial charge is 0.496 e. The molecule has 2 aromatic rings. The number of nitrogens with two attached hydrogens (primary N) is 1. The number of carbonyl (C=O) groups excluding carboxylic acids is 1. The molecule has 0 aliphatic rings. The van der Waals surface area contributed by atoms with E-state index in [-0.39, 0.29) is 5.78 Å². The predicted octanol–water partition coefficient (Wildman–Crippen LogP) is 3.13. The minimum absolute atomic E-state index is 0.0180. The zero-order valence-electron chi connectivity index (χ0n) is 11.4. The summed E-state index contributed by atoms with van der Waals surface area (Å²) in [6.07, 6.45) is 0. The molecule has 0 aromatic heterocycles.